The fourth-order valence-corrected chi connectivity index (χ4v) is 2.34. The first-order valence-electron chi connectivity index (χ1n) is 7.11. The van der Waals surface area contributed by atoms with Crippen LogP contribution in [-0.2, 0) is 11.2 Å². The van der Waals surface area contributed by atoms with Crippen molar-refractivity contribution in [2.24, 2.45) is 5.92 Å². The lowest BCUT2D eigenvalue weighted by molar-refractivity contribution is 0.104. The van der Waals surface area contributed by atoms with Crippen molar-refractivity contribution in [2.75, 3.05) is 13.2 Å². The van der Waals surface area contributed by atoms with E-state index in [0.717, 1.165) is 24.1 Å². The van der Waals surface area contributed by atoms with Gasteiger partial charge in [0.15, 0.2) is 0 Å². The molecule has 0 amide bonds. The summed E-state index contributed by atoms with van der Waals surface area (Å²) in [4.78, 5) is 0. The van der Waals surface area contributed by atoms with Crippen molar-refractivity contribution in [3.63, 3.8) is 0 Å². The second-order valence-electron chi connectivity index (χ2n) is 5.41. The summed E-state index contributed by atoms with van der Waals surface area (Å²) in [7, 11) is 0. The molecule has 0 heterocycles. The first kappa shape index (κ1) is 16.7. The SMILES string of the molecule is CCOCC(NC(C)Cc1ccc(Br)cc1)C(C)C. The minimum Gasteiger partial charge on any atom is -0.380 e. The van der Waals surface area contributed by atoms with Crippen LogP contribution >= 0.6 is 15.9 Å². The largest absolute Gasteiger partial charge is 0.380 e. The molecule has 0 saturated carbocycles. The zero-order valence-corrected chi connectivity index (χ0v) is 14.0. The standard InChI is InChI=1S/C16H26BrNO/c1-5-19-11-16(12(2)3)18-13(4)10-14-6-8-15(17)9-7-14/h6-9,12-13,16,18H,5,10-11H2,1-4H3. The molecule has 0 aliphatic heterocycles. The fourth-order valence-electron chi connectivity index (χ4n) is 2.08. The lowest BCUT2D eigenvalue weighted by atomic mass is 10.0. The van der Waals surface area contributed by atoms with E-state index in [2.05, 4.69) is 66.3 Å². The quantitative estimate of drug-likeness (QED) is 0.778. The molecule has 19 heavy (non-hydrogen) atoms. The highest BCUT2D eigenvalue weighted by Crippen LogP contribution is 2.12. The van der Waals surface area contributed by atoms with Crippen molar-refractivity contribution in [2.45, 2.75) is 46.2 Å². The lowest BCUT2D eigenvalue weighted by Crippen LogP contribution is -2.44. The van der Waals surface area contributed by atoms with E-state index in [0.29, 0.717) is 18.0 Å². The summed E-state index contributed by atoms with van der Waals surface area (Å²) >= 11 is 3.47. The summed E-state index contributed by atoms with van der Waals surface area (Å²) in [5.41, 5.74) is 1.36. The van der Waals surface area contributed by atoms with Crippen LogP contribution in [0.5, 0.6) is 0 Å². The van der Waals surface area contributed by atoms with Gasteiger partial charge in [0.2, 0.25) is 0 Å². The first-order valence-corrected chi connectivity index (χ1v) is 7.90. The van der Waals surface area contributed by atoms with E-state index >= 15 is 0 Å². The topological polar surface area (TPSA) is 21.3 Å². The molecule has 108 valence electrons. The molecule has 0 fully saturated rings. The second-order valence-corrected chi connectivity index (χ2v) is 6.32. The van der Waals surface area contributed by atoms with Crippen molar-refractivity contribution in [1.82, 2.24) is 5.32 Å². The molecule has 1 rings (SSSR count). The van der Waals surface area contributed by atoms with E-state index < -0.39 is 0 Å². The van der Waals surface area contributed by atoms with E-state index in [-0.39, 0.29) is 0 Å². The lowest BCUT2D eigenvalue weighted by Gasteiger charge is -2.26. The minimum atomic E-state index is 0.422. The molecular formula is C16H26BrNO. The third-order valence-corrected chi connectivity index (χ3v) is 3.79. The van der Waals surface area contributed by atoms with Crippen LogP contribution in [0.2, 0.25) is 0 Å². The fraction of sp³-hybridized carbons (Fsp3) is 0.625. The monoisotopic (exact) mass is 327 g/mol. The van der Waals surface area contributed by atoms with Crippen LogP contribution in [0.15, 0.2) is 28.7 Å². The van der Waals surface area contributed by atoms with Gasteiger partial charge < -0.3 is 10.1 Å². The van der Waals surface area contributed by atoms with Crippen LogP contribution in [0.3, 0.4) is 0 Å². The summed E-state index contributed by atoms with van der Waals surface area (Å²) in [6.07, 6.45) is 1.04. The summed E-state index contributed by atoms with van der Waals surface area (Å²) < 4.78 is 6.69. The molecule has 3 heteroatoms. The molecule has 2 unspecified atom stereocenters. The number of ether oxygens (including phenoxy) is 1. The number of nitrogens with one attached hydrogen (secondary N) is 1. The predicted octanol–water partition coefficient (Wildman–Crippen LogP) is 4.03. The van der Waals surface area contributed by atoms with E-state index in [1.54, 1.807) is 0 Å². The smallest absolute Gasteiger partial charge is 0.0622 e. The number of hydrogen-bond donors (Lipinski definition) is 1. The Morgan fingerprint density at radius 3 is 2.32 bits per heavy atom. The van der Waals surface area contributed by atoms with Gasteiger partial charge in [0.1, 0.15) is 0 Å². The second kappa shape index (κ2) is 8.72. The van der Waals surface area contributed by atoms with Crippen LogP contribution in [-0.4, -0.2) is 25.3 Å². The molecule has 0 spiro atoms. The number of benzene rings is 1. The predicted molar refractivity (Wildman–Crippen MR) is 85.6 cm³/mol. The molecular weight excluding hydrogens is 302 g/mol. The van der Waals surface area contributed by atoms with Gasteiger partial charge in [0, 0.05) is 23.2 Å². The molecule has 0 aliphatic carbocycles. The number of hydrogen-bond acceptors (Lipinski definition) is 2. The molecule has 0 radical (unpaired) electrons. The molecule has 1 N–H and O–H groups in total. The Kier molecular flexibility index (Phi) is 7.66. The molecule has 0 aromatic heterocycles. The van der Waals surface area contributed by atoms with Gasteiger partial charge in [-0.25, -0.2) is 0 Å². The normalized spacial score (nSPS) is 14.6. The highest BCUT2D eigenvalue weighted by Gasteiger charge is 2.16. The highest BCUT2D eigenvalue weighted by molar-refractivity contribution is 9.10. The molecule has 2 nitrogen and oxygen atoms in total. The van der Waals surface area contributed by atoms with Gasteiger partial charge in [-0.1, -0.05) is 41.9 Å². The summed E-state index contributed by atoms with van der Waals surface area (Å²) in [6, 6.07) is 9.42. The van der Waals surface area contributed by atoms with Gasteiger partial charge in [0.05, 0.1) is 6.61 Å². The van der Waals surface area contributed by atoms with Crippen LogP contribution in [0.4, 0.5) is 0 Å². The maximum Gasteiger partial charge on any atom is 0.0622 e. The highest BCUT2D eigenvalue weighted by atomic mass is 79.9. The van der Waals surface area contributed by atoms with Crippen molar-refractivity contribution < 1.29 is 4.74 Å². The van der Waals surface area contributed by atoms with Crippen molar-refractivity contribution >= 4 is 15.9 Å². The third-order valence-electron chi connectivity index (χ3n) is 3.26. The molecule has 1 aromatic rings. The molecule has 0 bridgehead atoms. The van der Waals surface area contributed by atoms with E-state index in [9.17, 15) is 0 Å². The Bertz CT molecular complexity index is 350. The minimum absolute atomic E-state index is 0.422. The van der Waals surface area contributed by atoms with E-state index in [4.69, 9.17) is 4.74 Å². The van der Waals surface area contributed by atoms with Crippen LogP contribution < -0.4 is 5.32 Å². The Hall–Kier alpha value is -0.380. The van der Waals surface area contributed by atoms with Gasteiger partial charge in [-0.3, -0.25) is 0 Å². The van der Waals surface area contributed by atoms with Crippen molar-refractivity contribution in [3.8, 4) is 0 Å². The molecule has 0 aliphatic rings. The molecule has 1 aromatic carbocycles. The Morgan fingerprint density at radius 1 is 1.16 bits per heavy atom. The van der Waals surface area contributed by atoms with E-state index in [1.807, 2.05) is 6.92 Å². The average molecular weight is 328 g/mol. The Balaban J connectivity index is 2.47. The summed E-state index contributed by atoms with van der Waals surface area (Å²) in [5.74, 6) is 0.582. The van der Waals surface area contributed by atoms with Gasteiger partial charge in [0.25, 0.3) is 0 Å². The Morgan fingerprint density at radius 2 is 1.79 bits per heavy atom. The van der Waals surface area contributed by atoms with Gasteiger partial charge >= 0.3 is 0 Å². The zero-order chi connectivity index (χ0) is 14.3. The average Bonchev–Trinajstić information content (AvgIpc) is 2.37. The van der Waals surface area contributed by atoms with Crippen LogP contribution in [0.1, 0.15) is 33.3 Å². The maximum absolute atomic E-state index is 5.56. The van der Waals surface area contributed by atoms with Crippen LogP contribution in [0, 0.1) is 5.92 Å². The summed E-state index contributed by atoms with van der Waals surface area (Å²) in [5, 5.41) is 3.68. The Labute approximate surface area is 126 Å². The van der Waals surface area contributed by atoms with Crippen LogP contribution in [0.25, 0.3) is 0 Å². The zero-order valence-electron chi connectivity index (χ0n) is 12.4. The number of rotatable bonds is 8. The van der Waals surface area contributed by atoms with Crippen molar-refractivity contribution in [1.29, 1.82) is 0 Å². The first-order chi connectivity index (χ1) is 9.02. The van der Waals surface area contributed by atoms with Gasteiger partial charge in [-0.2, -0.15) is 0 Å². The maximum atomic E-state index is 5.56. The van der Waals surface area contributed by atoms with E-state index in [1.165, 1.54) is 5.56 Å². The molecule has 2 atom stereocenters. The molecule has 0 saturated heterocycles. The van der Waals surface area contributed by atoms with Gasteiger partial charge in [-0.15, -0.1) is 0 Å². The van der Waals surface area contributed by atoms with Crippen molar-refractivity contribution in [3.05, 3.63) is 34.3 Å². The third kappa shape index (κ3) is 6.55. The number of halogens is 1. The van der Waals surface area contributed by atoms with Gasteiger partial charge in [-0.05, 0) is 43.9 Å². The summed E-state index contributed by atoms with van der Waals surface area (Å²) in [6.45, 7) is 10.3.